The first kappa shape index (κ1) is 27.2. The van der Waals surface area contributed by atoms with Crippen molar-refractivity contribution in [2.75, 3.05) is 42.9 Å². The first-order valence-corrected chi connectivity index (χ1v) is 14.5. The highest BCUT2D eigenvalue weighted by molar-refractivity contribution is 6.01. The number of hydrogen-bond donors (Lipinski definition) is 1. The smallest absolute Gasteiger partial charge is 0.242 e. The van der Waals surface area contributed by atoms with E-state index in [1.807, 2.05) is 40.1 Å². The highest BCUT2D eigenvalue weighted by atomic mass is 19.1. The number of Topliss-reactive ketones (excluding diaryl/α,β-unsaturated/α-hetero) is 1. The fourth-order valence-electron chi connectivity index (χ4n) is 6.46. The van der Waals surface area contributed by atoms with Crippen LogP contribution in [0, 0.1) is 11.2 Å². The van der Waals surface area contributed by atoms with Crippen LogP contribution >= 0.6 is 0 Å². The number of nitrogens with zero attached hydrogens (tertiary/aromatic N) is 3. The monoisotopic (exact) mass is 552 g/mol. The maximum absolute atomic E-state index is 14.0. The first-order valence-electron chi connectivity index (χ1n) is 14.5. The van der Waals surface area contributed by atoms with E-state index in [9.17, 15) is 14.0 Å². The molecule has 6 rings (SSSR count). The molecule has 0 spiro atoms. The molecule has 0 radical (unpaired) electrons. The molecule has 1 unspecified atom stereocenters. The fraction of sp³-hybridized carbons (Fsp3) is 0.353. The van der Waals surface area contributed by atoms with Crippen LogP contribution in [0.15, 0.2) is 90.1 Å². The van der Waals surface area contributed by atoms with Crippen LogP contribution in [0.2, 0.25) is 0 Å². The van der Waals surface area contributed by atoms with Gasteiger partial charge in [-0.2, -0.15) is 0 Å². The molecular formula is C34H37FN4O2. The van der Waals surface area contributed by atoms with Gasteiger partial charge in [-0.05, 0) is 47.2 Å². The average molecular weight is 553 g/mol. The summed E-state index contributed by atoms with van der Waals surface area (Å²) in [4.78, 5) is 34.1. The van der Waals surface area contributed by atoms with Crippen LogP contribution < -0.4 is 10.2 Å². The molecule has 212 valence electrons. The minimum Gasteiger partial charge on any atom is -0.357 e. The number of nitrogens with one attached hydrogen (secondary N) is 1. The Hall–Kier alpha value is -3.97. The second-order valence-corrected chi connectivity index (χ2v) is 12.2. The summed E-state index contributed by atoms with van der Waals surface area (Å²) in [5.41, 5.74) is 5.17. The summed E-state index contributed by atoms with van der Waals surface area (Å²) in [5, 5.41) is 3.58. The van der Waals surface area contributed by atoms with Crippen molar-refractivity contribution in [2.45, 2.75) is 39.3 Å². The van der Waals surface area contributed by atoms with Crippen LogP contribution in [-0.2, 0) is 16.1 Å². The van der Waals surface area contributed by atoms with Gasteiger partial charge >= 0.3 is 0 Å². The van der Waals surface area contributed by atoms with E-state index in [1.165, 1.54) is 17.7 Å². The van der Waals surface area contributed by atoms with E-state index in [1.54, 1.807) is 12.1 Å². The predicted octanol–water partition coefficient (Wildman–Crippen LogP) is 5.79. The minimum absolute atomic E-state index is 0.0268. The zero-order chi connectivity index (χ0) is 28.6. The summed E-state index contributed by atoms with van der Waals surface area (Å²) in [6.07, 6.45) is 1.14. The lowest BCUT2D eigenvalue weighted by Gasteiger charge is -2.40. The topological polar surface area (TPSA) is 55.9 Å². The Balaban J connectivity index is 1.31. The maximum Gasteiger partial charge on any atom is 0.242 e. The molecule has 3 aliphatic rings. The first-order chi connectivity index (χ1) is 19.8. The van der Waals surface area contributed by atoms with Crippen LogP contribution in [0.4, 0.5) is 15.8 Å². The largest absolute Gasteiger partial charge is 0.357 e. The molecule has 2 aliphatic heterocycles. The lowest BCUT2D eigenvalue weighted by molar-refractivity contribution is -0.131. The Labute approximate surface area is 241 Å². The molecule has 7 heteroatoms. The molecule has 3 aromatic carbocycles. The third kappa shape index (κ3) is 5.77. The molecule has 1 amide bonds. The van der Waals surface area contributed by atoms with Crippen molar-refractivity contribution in [1.29, 1.82) is 0 Å². The molecule has 2 heterocycles. The molecule has 1 saturated heterocycles. The second-order valence-electron chi connectivity index (χ2n) is 12.2. The summed E-state index contributed by atoms with van der Waals surface area (Å²) in [6, 6.07) is 24.2. The third-order valence-electron chi connectivity index (χ3n) is 8.47. The molecule has 0 bridgehead atoms. The molecule has 1 N–H and O–H groups in total. The molecule has 0 aromatic heterocycles. The molecule has 1 fully saturated rings. The molecule has 1 atom stereocenters. The Morgan fingerprint density at radius 3 is 2.32 bits per heavy atom. The predicted molar refractivity (Wildman–Crippen MR) is 160 cm³/mol. The van der Waals surface area contributed by atoms with Crippen LogP contribution in [0.1, 0.15) is 43.9 Å². The number of rotatable bonds is 5. The lowest BCUT2D eigenvalue weighted by Crippen LogP contribution is -2.51. The minimum atomic E-state index is -0.506. The van der Waals surface area contributed by atoms with Crippen LogP contribution in [0.25, 0.3) is 0 Å². The van der Waals surface area contributed by atoms with Gasteiger partial charge in [-0.15, -0.1) is 0 Å². The standard InChI is InChI=1S/C34H37FN4O2/c1-34(2)20-28-32(30(40)21-34)33(25-12-14-26(35)15-13-25)39(29-11-7-6-10-27(29)36-28)23-31(41)38-18-16-37(17-19-38)22-24-8-4-3-5-9-24/h3-15,33,36H,16-23H2,1-2H3. The molecular weight excluding hydrogens is 515 g/mol. The van der Waals surface area contributed by atoms with E-state index in [2.05, 4.69) is 48.3 Å². The lowest BCUT2D eigenvalue weighted by atomic mass is 9.73. The van der Waals surface area contributed by atoms with E-state index >= 15 is 0 Å². The van der Waals surface area contributed by atoms with E-state index in [4.69, 9.17) is 0 Å². The van der Waals surface area contributed by atoms with Crippen LogP contribution in [0.5, 0.6) is 0 Å². The highest BCUT2D eigenvalue weighted by Crippen LogP contribution is 2.48. The number of para-hydroxylation sites is 2. The van der Waals surface area contributed by atoms with Crippen LogP contribution in [0.3, 0.4) is 0 Å². The second kappa shape index (κ2) is 11.1. The Kier molecular flexibility index (Phi) is 7.39. The van der Waals surface area contributed by atoms with E-state index in [0.29, 0.717) is 31.5 Å². The SMILES string of the molecule is CC1(C)CC(=O)C2=C(C1)Nc1ccccc1N(CC(=O)N1CCN(Cc3ccccc3)CC1)C2c1ccc(F)cc1. The number of halogens is 1. The Morgan fingerprint density at radius 2 is 1.59 bits per heavy atom. The van der Waals surface area contributed by atoms with Crippen molar-refractivity contribution in [3.05, 3.63) is 107 Å². The number of carbonyl (C=O) groups is 2. The zero-order valence-corrected chi connectivity index (χ0v) is 23.8. The number of hydrogen-bond acceptors (Lipinski definition) is 5. The van der Waals surface area contributed by atoms with Gasteiger partial charge in [0.25, 0.3) is 0 Å². The van der Waals surface area contributed by atoms with Gasteiger partial charge in [0, 0.05) is 50.4 Å². The van der Waals surface area contributed by atoms with Gasteiger partial charge in [0.05, 0.1) is 24.0 Å². The number of allylic oxidation sites excluding steroid dienone is 1. The summed E-state index contributed by atoms with van der Waals surface area (Å²) >= 11 is 0. The van der Waals surface area contributed by atoms with Gasteiger partial charge in [0.1, 0.15) is 5.82 Å². The van der Waals surface area contributed by atoms with Crippen molar-refractivity contribution in [2.24, 2.45) is 5.41 Å². The molecule has 3 aromatic rings. The van der Waals surface area contributed by atoms with Crippen molar-refractivity contribution < 1.29 is 14.0 Å². The molecule has 1 aliphatic carbocycles. The van der Waals surface area contributed by atoms with E-state index in [0.717, 1.165) is 42.3 Å². The normalized spacial score (nSPS) is 20.7. The summed E-state index contributed by atoms with van der Waals surface area (Å²) < 4.78 is 14.0. The van der Waals surface area contributed by atoms with Crippen molar-refractivity contribution in [3.8, 4) is 0 Å². The number of anilines is 2. The summed E-state index contributed by atoms with van der Waals surface area (Å²) in [5.74, 6) is -0.237. The average Bonchev–Trinajstić information content (AvgIpc) is 3.08. The maximum atomic E-state index is 14.0. The zero-order valence-electron chi connectivity index (χ0n) is 23.8. The van der Waals surface area contributed by atoms with Crippen molar-refractivity contribution >= 4 is 23.1 Å². The molecule has 41 heavy (non-hydrogen) atoms. The fourth-order valence-corrected chi connectivity index (χ4v) is 6.46. The van der Waals surface area contributed by atoms with Crippen LogP contribution in [-0.4, -0.2) is 54.2 Å². The Morgan fingerprint density at radius 1 is 0.902 bits per heavy atom. The van der Waals surface area contributed by atoms with Gasteiger partial charge in [0.2, 0.25) is 5.91 Å². The van der Waals surface area contributed by atoms with Crippen molar-refractivity contribution in [3.63, 3.8) is 0 Å². The summed E-state index contributed by atoms with van der Waals surface area (Å²) in [7, 11) is 0. The summed E-state index contributed by atoms with van der Waals surface area (Å²) in [6.45, 7) is 8.13. The number of benzene rings is 3. The molecule has 0 saturated carbocycles. The van der Waals surface area contributed by atoms with Gasteiger partial charge in [-0.1, -0.05) is 68.4 Å². The van der Waals surface area contributed by atoms with E-state index < -0.39 is 6.04 Å². The van der Waals surface area contributed by atoms with E-state index in [-0.39, 0.29) is 29.5 Å². The van der Waals surface area contributed by atoms with Gasteiger partial charge in [-0.3, -0.25) is 14.5 Å². The van der Waals surface area contributed by atoms with Crippen molar-refractivity contribution in [1.82, 2.24) is 9.80 Å². The number of piperazine rings is 1. The Bertz CT molecular complexity index is 1460. The highest BCUT2D eigenvalue weighted by Gasteiger charge is 2.42. The third-order valence-corrected chi connectivity index (χ3v) is 8.47. The number of fused-ring (bicyclic) bond motifs is 1. The molecule has 6 nitrogen and oxygen atoms in total. The van der Waals surface area contributed by atoms with Gasteiger partial charge in [0.15, 0.2) is 5.78 Å². The van der Waals surface area contributed by atoms with Gasteiger partial charge in [-0.25, -0.2) is 4.39 Å². The number of ketones is 1. The number of carbonyl (C=O) groups excluding carboxylic acids is 2. The van der Waals surface area contributed by atoms with Gasteiger partial charge < -0.3 is 15.1 Å². The quantitative estimate of drug-likeness (QED) is 0.435. The number of amides is 1.